The molecule has 0 aliphatic carbocycles. The van der Waals surface area contributed by atoms with Gasteiger partial charge in [0.2, 0.25) is 0 Å². The summed E-state index contributed by atoms with van der Waals surface area (Å²) < 4.78 is 17.3. The first-order chi connectivity index (χ1) is 19.4. The molecule has 0 atom stereocenters. The molecule has 0 spiro atoms. The van der Waals surface area contributed by atoms with E-state index in [1.807, 2.05) is 0 Å². The molecule has 5 rings (SSSR count). The topological polar surface area (TPSA) is 115 Å². The van der Waals surface area contributed by atoms with E-state index < -0.39 is 29.3 Å². The largest absolute Gasteiger partial charge is 0.714 e. The molecular formula is C32H37N4O5P. The van der Waals surface area contributed by atoms with E-state index in [2.05, 4.69) is 0 Å². The van der Waals surface area contributed by atoms with Crippen LogP contribution >= 0.6 is 7.14 Å². The Balaban J connectivity index is 1.87. The van der Waals surface area contributed by atoms with Crippen molar-refractivity contribution in [2.45, 2.75) is 77.5 Å². The van der Waals surface area contributed by atoms with Crippen molar-refractivity contribution in [3.63, 3.8) is 0 Å². The van der Waals surface area contributed by atoms with Crippen LogP contribution in [0.2, 0.25) is 0 Å². The van der Waals surface area contributed by atoms with Crippen LogP contribution in [0.15, 0.2) is 78.9 Å². The van der Waals surface area contributed by atoms with Crippen molar-refractivity contribution in [3.8, 4) is 0 Å². The van der Waals surface area contributed by atoms with Crippen LogP contribution in [-0.4, -0.2) is 53.4 Å². The van der Waals surface area contributed by atoms with E-state index in [0.29, 0.717) is 24.9 Å². The predicted molar refractivity (Wildman–Crippen MR) is 163 cm³/mol. The second kappa shape index (κ2) is 9.43. The van der Waals surface area contributed by atoms with Gasteiger partial charge >= 0.3 is 11.7 Å². The van der Waals surface area contributed by atoms with Crippen LogP contribution in [0.5, 0.6) is 0 Å². The van der Waals surface area contributed by atoms with Gasteiger partial charge in [0.25, 0.3) is 0 Å². The van der Waals surface area contributed by atoms with Gasteiger partial charge in [-0.3, -0.25) is 9.48 Å². The maximum absolute atomic E-state index is 15.9. The van der Waals surface area contributed by atoms with Gasteiger partial charge in [-0.15, -0.1) is 0 Å². The molecule has 0 amide bonds. The maximum Gasteiger partial charge on any atom is 0.317 e. The number of hydroxylamine groups is 6. The minimum atomic E-state index is -3.93. The monoisotopic (exact) mass is 588 g/mol. The zero-order valence-corrected chi connectivity index (χ0v) is 26.2. The molecule has 3 aromatic carbocycles. The average molecular weight is 589 g/mol. The lowest BCUT2D eigenvalue weighted by Crippen LogP contribution is -2.53. The highest BCUT2D eigenvalue weighted by Crippen LogP contribution is 2.47. The Bertz CT molecular complexity index is 1580. The molecule has 0 saturated carbocycles. The second-order valence-corrected chi connectivity index (χ2v) is 15.7. The molecule has 2 radical (unpaired) electrons. The quantitative estimate of drug-likeness (QED) is 0.251. The molecule has 0 saturated heterocycles. The van der Waals surface area contributed by atoms with Crippen molar-refractivity contribution in [1.29, 1.82) is 0 Å². The van der Waals surface area contributed by atoms with E-state index in [1.54, 1.807) is 134 Å². The third-order valence-corrected chi connectivity index (χ3v) is 13.0. The van der Waals surface area contributed by atoms with Crippen molar-refractivity contribution in [2.75, 3.05) is 0 Å². The highest BCUT2D eigenvalue weighted by Gasteiger charge is 2.62. The molecule has 2 aliphatic rings. The van der Waals surface area contributed by atoms with E-state index in [9.17, 15) is 20.8 Å². The van der Waals surface area contributed by atoms with Gasteiger partial charge in [0.05, 0.1) is 11.1 Å². The number of nitrogens with zero attached hydrogens (tertiary/aromatic N) is 4. The molecule has 220 valence electrons. The minimum Gasteiger partial charge on any atom is -0.714 e. The molecule has 0 bridgehead atoms. The van der Waals surface area contributed by atoms with E-state index >= 15 is 4.57 Å². The van der Waals surface area contributed by atoms with Gasteiger partial charge in [0, 0.05) is 26.3 Å². The second-order valence-electron chi connectivity index (χ2n) is 13.0. The number of benzene rings is 3. The Hall–Kier alpha value is -3.65. The fraction of sp³-hybridized carbons (Fsp3) is 0.375. The molecule has 42 heavy (non-hydrogen) atoms. The van der Waals surface area contributed by atoms with Gasteiger partial charge in [0.1, 0.15) is 11.1 Å². The Morgan fingerprint density at radius 2 is 0.905 bits per heavy atom. The summed E-state index contributed by atoms with van der Waals surface area (Å²) in [7, 11) is -3.93. The fourth-order valence-electron chi connectivity index (χ4n) is 5.58. The lowest BCUT2D eigenvalue weighted by Gasteiger charge is -2.32. The summed E-state index contributed by atoms with van der Waals surface area (Å²) in [6, 6.07) is 22.2. The van der Waals surface area contributed by atoms with Crippen LogP contribution in [0.3, 0.4) is 0 Å². The van der Waals surface area contributed by atoms with Crippen LogP contribution in [0.25, 0.3) is 0 Å². The summed E-state index contributed by atoms with van der Waals surface area (Å²) in [5.74, 6) is -0.276. The molecular weight excluding hydrogens is 551 g/mol. The predicted octanol–water partition coefficient (Wildman–Crippen LogP) is 4.28. The van der Waals surface area contributed by atoms with Gasteiger partial charge < -0.3 is 15.0 Å². The highest BCUT2D eigenvalue weighted by atomic mass is 31.2. The van der Waals surface area contributed by atoms with Crippen molar-refractivity contribution in [1.82, 2.24) is 10.1 Å². The summed E-state index contributed by atoms with van der Waals surface area (Å²) in [6.07, 6.45) is 0. The molecule has 3 aromatic rings. The molecule has 0 unspecified atom stereocenters. The first-order valence-corrected chi connectivity index (χ1v) is 15.6. The van der Waals surface area contributed by atoms with Gasteiger partial charge in [0.15, 0.2) is 18.2 Å². The third kappa shape index (κ3) is 3.73. The number of hydrogen-bond donors (Lipinski definition) is 0. The summed E-state index contributed by atoms with van der Waals surface area (Å²) in [6.45, 7) is 13.7. The Labute approximate surface area is 247 Å². The summed E-state index contributed by atoms with van der Waals surface area (Å²) in [5, 5.41) is 57.4. The molecule has 9 nitrogen and oxygen atoms in total. The summed E-state index contributed by atoms with van der Waals surface area (Å²) in [5.41, 5.74) is -3.89. The fourth-order valence-corrected chi connectivity index (χ4v) is 8.60. The Morgan fingerprint density at radius 3 is 1.24 bits per heavy atom. The molecule has 0 aromatic heterocycles. The van der Waals surface area contributed by atoms with Gasteiger partial charge in [-0.2, -0.15) is 0 Å². The van der Waals surface area contributed by atoms with Crippen LogP contribution in [0, 0.1) is 10.4 Å². The zero-order chi connectivity index (χ0) is 31.0. The van der Waals surface area contributed by atoms with E-state index in [-0.39, 0.29) is 33.4 Å². The van der Waals surface area contributed by atoms with Gasteiger partial charge in [-0.1, -0.05) is 64.7 Å². The van der Waals surface area contributed by atoms with Gasteiger partial charge in [-0.05, 0) is 79.7 Å². The first-order valence-electron chi connectivity index (χ1n) is 13.9. The molecule has 2 aliphatic heterocycles. The third-order valence-electron chi connectivity index (χ3n) is 9.88. The molecule has 2 heterocycles. The highest BCUT2D eigenvalue weighted by molar-refractivity contribution is 7.85. The number of rotatable bonds is 5. The smallest absolute Gasteiger partial charge is 0.317 e. The normalized spacial score (nSPS) is 20.9. The summed E-state index contributed by atoms with van der Waals surface area (Å²) >= 11 is 0. The first kappa shape index (κ1) is 29.8. The van der Waals surface area contributed by atoms with Crippen LogP contribution < -0.4 is 15.9 Å². The SMILES string of the molecule is CC1(C)N([O])C(c2ccccc2P(=O)(c2ccccc2)c2ccccc2C2=[N+]([O-])C(C)(C)C(C)(C)N2[O])=[N+]([O-])C1(C)C. The van der Waals surface area contributed by atoms with Crippen molar-refractivity contribution in [2.24, 2.45) is 0 Å². The van der Waals surface area contributed by atoms with Crippen LogP contribution in [0.1, 0.15) is 66.5 Å². The number of amidine groups is 2. The number of hydrogen-bond acceptors (Lipinski definition) is 5. The lowest BCUT2D eigenvalue weighted by atomic mass is 9.84. The summed E-state index contributed by atoms with van der Waals surface area (Å²) in [4.78, 5) is 0. The minimum absolute atomic E-state index is 0.138. The van der Waals surface area contributed by atoms with E-state index in [0.717, 1.165) is 0 Å². The van der Waals surface area contributed by atoms with E-state index in [4.69, 9.17) is 0 Å². The van der Waals surface area contributed by atoms with Gasteiger partial charge in [-0.25, -0.2) is 0 Å². The van der Waals surface area contributed by atoms with Crippen LogP contribution in [-0.2, 0) is 15.0 Å². The van der Waals surface area contributed by atoms with Crippen molar-refractivity contribution in [3.05, 3.63) is 100 Å². The standard InChI is InChI=1S/C32H37N4O5P/c1-29(2)30(3,4)34(38)27(33(29)37)23-18-12-14-20-25(23)42(41,22-16-10-9-11-17-22)26-21-15-13-19-24(26)28-35(39)31(5,6)32(7,8)36(28)40/h9-21H,1-8H3. The molecule has 0 N–H and O–H groups in total. The lowest BCUT2D eigenvalue weighted by molar-refractivity contribution is -0.539. The zero-order valence-electron chi connectivity index (χ0n) is 25.3. The molecule has 10 heteroatoms. The van der Waals surface area contributed by atoms with E-state index in [1.165, 1.54) is 0 Å². The Morgan fingerprint density at radius 1 is 0.571 bits per heavy atom. The molecule has 0 fully saturated rings. The van der Waals surface area contributed by atoms with Crippen molar-refractivity contribution >= 4 is 34.7 Å². The Kier molecular flexibility index (Phi) is 6.70. The maximum atomic E-state index is 15.9. The van der Waals surface area contributed by atoms with Crippen LogP contribution in [0.4, 0.5) is 0 Å². The average Bonchev–Trinajstić information content (AvgIpc) is 3.16. The van der Waals surface area contributed by atoms with Crippen molar-refractivity contribution < 1.29 is 24.5 Å².